The van der Waals surface area contributed by atoms with Crippen LogP contribution in [-0.2, 0) is 4.74 Å². The molecule has 20 heavy (non-hydrogen) atoms. The third kappa shape index (κ3) is 2.61. The summed E-state index contributed by atoms with van der Waals surface area (Å²) in [5.41, 5.74) is 3.31. The molecule has 3 rings (SSSR count). The molecule has 0 aromatic carbocycles. The topological polar surface area (TPSA) is 50.5 Å². The van der Waals surface area contributed by atoms with Crippen molar-refractivity contribution in [3.05, 3.63) is 11.8 Å². The Hall–Kier alpha value is -0.580. The van der Waals surface area contributed by atoms with Crippen LogP contribution in [0.5, 0.6) is 0 Å². The van der Waals surface area contributed by atoms with E-state index in [9.17, 15) is 0 Å². The van der Waals surface area contributed by atoms with Gasteiger partial charge in [0.05, 0.1) is 12.6 Å². The van der Waals surface area contributed by atoms with Crippen LogP contribution < -0.4 is 11.3 Å². The van der Waals surface area contributed by atoms with Crippen LogP contribution in [0.2, 0.25) is 0 Å². The molecule has 2 aliphatic heterocycles. The second-order valence-corrected chi connectivity index (χ2v) is 6.56. The third-order valence-corrected chi connectivity index (χ3v) is 5.41. The van der Waals surface area contributed by atoms with E-state index >= 15 is 0 Å². The minimum atomic E-state index is 0.170. The van der Waals surface area contributed by atoms with E-state index in [-0.39, 0.29) is 11.6 Å². The molecule has 1 atom stereocenters. The van der Waals surface area contributed by atoms with Crippen LogP contribution in [-0.4, -0.2) is 36.2 Å². The SMILES string of the molecule is NNC(C1=CCCCO1)C1(N2CCCCC2)CCCC1. The van der Waals surface area contributed by atoms with E-state index in [0.29, 0.717) is 0 Å². The summed E-state index contributed by atoms with van der Waals surface area (Å²) in [6, 6.07) is 0.170. The highest BCUT2D eigenvalue weighted by Gasteiger charge is 2.48. The summed E-state index contributed by atoms with van der Waals surface area (Å²) in [7, 11) is 0. The molecule has 2 fully saturated rings. The average molecular weight is 279 g/mol. The summed E-state index contributed by atoms with van der Waals surface area (Å²) in [6.45, 7) is 3.30. The van der Waals surface area contributed by atoms with Gasteiger partial charge in [0.2, 0.25) is 0 Å². The fraction of sp³-hybridized carbons (Fsp3) is 0.875. The highest BCUT2D eigenvalue weighted by molar-refractivity contribution is 5.17. The van der Waals surface area contributed by atoms with Crippen LogP contribution in [0.15, 0.2) is 11.8 Å². The first-order valence-electron chi connectivity index (χ1n) is 8.41. The molecule has 3 aliphatic rings. The van der Waals surface area contributed by atoms with Crippen LogP contribution in [0.4, 0.5) is 0 Å². The highest BCUT2D eigenvalue weighted by atomic mass is 16.5. The van der Waals surface area contributed by atoms with Gasteiger partial charge < -0.3 is 4.74 Å². The fourth-order valence-electron chi connectivity index (χ4n) is 4.39. The van der Waals surface area contributed by atoms with E-state index in [1.165, 1.54) is 58.0 Å². The van der Waals surface area contributed by atoms with E-state index < -0.39 is 0 Å². The van der Waals surface area contributed by atoms with Crippen LogP contribution in [0.25, 0.3) is 0 Å². The number of likely N-dealkylation sites (tertiary alicyclic amines) is 1. The van der Waals surface area contributed by atoms with Crippen LogP contribution in [0, 0.1) is 0 Å². The number of hydrogen-bond acceptors (Lipinski definition) is 4. The summed E-state index contributed by atoms with van der Waals surface area (Å²) >= 11 is 0. The van der Waals surface area contributed by atoms with Gasteiger partial charge in [-0.3, -0.25) is 10.7 Å². The van der Waals surface area contributed by atoms with Gasteiger partial charge in [0.1, 0.15) is 5.76 Å². The average Bonchev–Trinajstić information content (AvgIpc) is 3.01. The first-order chi connectivity index (χ1) is 9.87. The first-order valence-corrected chi connectivity index (χ1v) is 8.41. The van der Waals surface area contributed by atoms with Gasteiger partial charge in [0, 0.05) is 5.54 Å². The van der Waals surface area contributed by atoms with Crippen molar-refractivity contribution in [3.8, 4) is 0 Å². The van der Waals surface area contributed by atoms with Crippen molar-refractivity contribution in [2.45, 2.75) is 69.4 Å². The van der Waals surface area contributed by atoms with E-state index in [1.807, 2.05) is 0 Å². The lowest BCUT2D eigenvalue weighted by atomic mass is 9.83. The van der Waals surface area contributed by atoms with E-state index in [2.05, 4.69) is 16.4 Å². The Morgan fingerprint density at radius 3 is 2.45 bits per heavy atom. The maximum atomic E-state index is 5.98. The molecule has 0 aromatic heterocycles. The number of ether oxygens (including phenoxy) is 1. The number of nitrogens with zero attached hydrogens (tertiary/aromatic N) is 1. The van der Waals surface area contributed by atoms with Crippen molar-refractivity contribution < 1.29 is 4.74 Å². The molecule has 0 bridgehead atoms. The monoisotopic (exact) mass is 279 g/mol. The van der Waals surface area contributed by atoms with Gasteiger partial charge in [0.25, 0.3) is 0 Å². The number of nitrogens with one attached hydrogen (secondary N) is 1. The number of hydrogen-bond donors (Lipinski definition) is 2. The number of hydrazine groups is 1. The second kappa shape index (κ2) is 6.46. The van der Waals surface area contributed by atoms with Gasteiger partial charge in [-0.25, -0.2) is 5.43 Å². The smallest absolute Gasteiger partial charge is 0.112 e. The van der Waals surface area contributed by atoms with Crippen LogP contribution in [0.3, 0.4) is 0 Å². The Morgan fingerprint density at radius 2 is 1.85 bits per heavy atom. The summed E-state index contributed by atoms with van der Waals surface area (Å²) in [6.07, 6.45) is 13.7. The molecule has 0 spiro atoms. The van der Waals surface area contributed by atoms with Crippen molar-refractivity contribution in [1.29, 1.82) is 0 Å². The largest absolute Gasteiger partial charge is 0.496 e. The van der Waals surface area contributed by atoms with Crippen LogP contribution >= 0.6 is 0 Å². The summed E-state index contributed by atoms with van der Waals surface area (Å²) in [4.78, 5) is 2.72. The van der Waals surface area contributed by atoms with Crippen molar-refractivity contribution in [2.75, 3.05) is 19.7 Å². The van der Waals surface area contributed by atoms with Crippen molar-refractivity contribution in [1.82, 2.24) is 10.3 Å². The van der Waals surface area contributed by atoms with Gasteiger partial charge >= 0.3 is 0 Å². The number of rotatable bonds is 4. The van der Waals surface area contributed by atoms with E-state index in [4.69, 9.17) is 10.6 Å². The van der Waals surface area contributed by atoms with Gasteiger partial charge in [-0.1, -0.05) is 19.3 Å². The van der Waals surface area contributed by atoms with Crippen molar-refractivity contribution in [3.63, 3.8) is 0 Å². The quantitative estimate of drug-likeness (QED) is 0.612. The lowest BCUT2D eigenvalue weighted by Crippen LogP contribution is -2.63. The normalized spacial score (nSPS) is 28.8. The van der Waals surface area contributed by atoms with E-state index in [0.717, 1.165) is 25.2 Å². The van der Waals surface area contributed by atoms with Crippen LogP contribution in [0.1, 0.15) is 57.8 Å². The molecule has 0 radical (unpaired) electrons. The molecule has 1 unspecified atom stereocenters. The van der Waals surface area contributed by atoms with Gasteiger partial charge in [-0.2, -0.15) is 0 Å². The molecule has 2 heterocycles. The minimum absolute atomic E-state index is 0.170. The Morgan fingerprint density at radius 1 is 1.10 bits per heavy atom. The number of piperidine rings is 1. The lowest BCUT2D eigenvalue weighted by molar-refractivity contribution is 0.0231. The molecular formula is C16H29N3O. The molecule has 1 saturated heterocycles. The zero-order valence-electron chi connectivity index (χ0n) is 12.6. The van der Waals surface area contributed by atoms with E-state index in [1.54, 1.807) is 0 Å². The fourth-order valence-corrected chi connectivity index (χ4v) is 4.39. The number of nitrogens with two attached hydrogens (primary N) is 1. The third-order valence-electron chi connectivity index (χ3n) is 5.41. The first kappa shape index (κ1) is 14.4. The molecule has 1 aliphatic carbocycles. The molecule has 0 aromatic rings. The Bertz CT molecular complexity index is 344. The zero-order valence-corrected chi connectivity index (χ0v) is 12.6. The van der Waals surface area contributed by atoms with Gasteiger partial charge in [-0.15, -0.1) is 0 Å². The maximum absolute atomic E-state index is 5.98. The molecule has 4 nitrogen and oxygen atoms in total. The maximum Gasteiger partial charge on any atom is 0.112 e. The second-order valence-electron chi connectivity index (χ2n) is 6.56. The molecule has 3 N–H and O–H groups in total. The Balaban J connectivity index is 1.85. The Kier molecular flexibility index (Phi) is 4.64. The summed E-state index contributed by atoms with van der Waals surface area (Å²) in [5, 5.41) is 0. The standard InChI is InChI=1S/C16H29N3O/c17-18-15(14-8-2-7-13-20-14)16(9-3-4-10-16)19-11-5-1-6-12-19/h8,15,18H,1-7,9-13,17H2. The lowest BCUT2D eigenvalue weighted by Gasteiger charge is -2.48. The molecule has 1 saturated carbocycles. The molecule has 114 valence electrons. The molecule has 4 heteroatoms. The van der Waals surface area contributed by atoms with Crippen molar-refractivity contribution in [2.24, 2.45) is 5.84 Å². The zero-order chi connectivity index (χ0) is 13.8. The highest BCUT2D eigenvalue weighted by Crippen LogP contribution is 2.42. The molecular weight excluding hydrogens is 250 g/mol. The number of allylic oxidation sites excluding steroid dienone is 1. The van der Waals surface area contributed by atoms with Gasteiger partial charge in [-0.05, 0) is 57.7 Å². The van der Waals surface area contributed by atoms with Gasteiger partial charge in [0.15, 0.2) is 0 Å². The summed E-state index contributed by atoms with van der Waals surface area (Å²) in [5.74, 6) is 7.08. The predicted molar refractivity (Wildman–Crippen MR) is 81.0 cm³/mol. The summed E-state index contributed by atoms with van der Waals surface area (Å²) < 4.78 is 5.95. The molecule has 0 amide bonds. The predicted octanol–water partition coefficient (Wildman–Crippen LogP) is 2.31. The Labute approximate surface area is 122 Å². The van der Waals surface area contributed by atoms with Crippen molar-refractivity contribution >= 4 is 0 Å². The minimum Gasteiger partial charge on any atom is -0.496 e.